The molecule has 3 rings (SSSR count). The van der Waals surface area contributed by atoms with Gasteiger partial charge in [0, 0.05) is 18.3 Å². The van der Waals surface area contributed by atoms with E-state index in [1.165, 1.54) is 36.7 Å². The van der Waals surface area contributed by atoms with Crippen molar-refractivity contribution in [1.82, 2.24) is 9.78 Å². The van der Waals surface area contributed by atoms with E-state index in [-0.39, 0.29) is 5.69 Å². The van der Waals surface area contributed by atoms with Crippen LogP contribution in [-0.4, -0.2) is 29.9 Å². The molecule has 2 aromatic carbocycles. The fraction of sp³-hybridized carbons (Fsp3) is 0.190. The zero-order valence-electron chi connectivity index (χ0n) is 15.9. The lowest BCUT2D eigenvalue weighted by atomic mass is 10.1. The van der Waals surface area contributed by atoms with Crippen molar-refractivity contribution in [2.75, 3.05) is 19.5 Å². The molecule has 7 heteroatoms. The first-order valence-corrected chi connectivity index (χ1v) is 8.78. The number of rotatable bonds is 6. The number of hydrogen-bond acceptors (Lipinski definition) is 5. The van der Waals surface area contributed by atoms with E-state index in [2.05, 4.69) is 17.3 Å². The number of benzene rings is 2. The summed E-state index contributed by atoms with van der Waals surface area (Å²) in [4.78, 5) is 24.9. The Morgan fingerprint density at radius 2 is 1.82 bits per heavy atom. The predicted octanol–water partition coefficient (Wildman–Crippen LogP) is 3.06. The number of anilines is 1. The molecule has 0 bridgehead atoms. The number of amides is 1. The summed E-state index contributed by atoms with van der Waals surface area (Å²) in [6.07, 6.45) is 2.46. The highest BCUT2D eigenvalue weighted by molar-refractivity contribution is 6.03. The van der Waals surface area contributed by atoms with Gasteiger partial charge in [0.15, 0.2) is 5.69 Å². The zero-order chi connectivity index (χ0) is 20.1. The number of aryl methyl sites for hydroxylation is 1. The van der Waals surface area contributed by atoms with Gasteiger partial charge in [0.25, 0.3) is 5.91 Å². The van der Waals surface area contributed by atoms with Gasteiger partial charge in [-0.15, -0.1) is 0 Å². The van der Waals surface area contributed by atoms with Crippen molar-refractivity contribution < 1.29 is 14.3 Å². The Kier molecular flexibility index (Phi) is 5.74. The number of nitrogens with one attached hydrogen (secondary N) is 1. The Labute approximate surface area is 162 Å². The first kappa shape index (κ1) is 19.2. The maximum atomic E-state index is 12.7. The minimum atomic E-state index is -0.618. The van der Waals surface area contributed by atoms with Crippen molar-refractivity contribution in [2.45, 2.75) is 13.3 Å². The summed E-state index contributed by atoms with van der Waals surface area (Å²) in [7, 11) is 3.02. The Balaban J connectivity index is 1.90. The lowest BCUT2D eigenvalue weighted by molar-refractivity contribution is 0.101. The van der Waals surface area contributed by atoms with Crippen molar-refractivity contribution in [1.29, 1.82) is 0 Å². The van der Waals surface area contributed by atoms with E-state index >= 15 is 0 Å². The third kappa shape index (κ3) is 4.03. The Morgan fingerprint density at radius 1 is 1.07 bits per heavy atom. The van der Waals surface area contributed by atoms with Crippen LogP contribution < -0.4 is 20.2 Å². The minimum Gasteiger partial charge on any atom is -0.497 e. The average Bonchev–Trinajstić information content (AvgIpc) is 2.74. The highest BCUT2D eigenvalue weighted by atomic mass is 16.5. The number of carbonyl (C=O) groups is 1. The molecule has 7 nitrogen and oxygen atoms in total. The predicted molar refractivity (Wildman–Crippen MR) is 107 cm³/mol. The van der Waals surface area contributed by atoms with Crippen LogP contribution in [0, 0.1) is 0 Å². The van der Waals surface area contributed by atoms with Crippen LogP contribution in [0.5, 0.6) is 11.5 Å². The smallest absolute Gasteiger partial charge is 0.280 e. The Bertz CT molecular complexity index is 1040. The van der Waals surface area contributed by atoms with Crippen LogP contribution in [-0.2, 0) is 6.42 Å². The number of ether oxygens (including phenoxy) is 2. The molecular formula is C21H21N3O4. The van der Waals surface area contributed by atoms with E-state index in [4.69, 9.17) is 9.47 Å². The molecular weight excluding hydrogens is 358 g/mol. The SMILES string of the molecule is CCc1ccc(-n2ccc(=O)c(C(=O)Nc3ccc(OC)cc3OC)n2)cc1. The van der Waals surface area contributed by atoms with Gasteiger partial charge in [0.1, 0.15) is 11.5 Å². The lowest BCUT2D eigenvalue weighted by Crippen LogP contribution is -2.25. The summed E-state index contributed by atoms with van der Waals surface area (Å²) in [6.45, 7) is 2.07. The highest BCUT2D eigenvalue weighted by Crippen LogP contribution is 2.29. The molecule has 1 heterocycles. The Morgan fingerprint density at radius 3 is 2.46 bits per heavy atom. The van der Waals surface area contributed by atoms with Crippen molar-refractivity contribution in [3.8, 4) is 17.2 Å². The number of aromatic nitrogens is 2. The summed E-state index contributed by atoms with van der Waals surface area (Å²) in [5.74, 6) is 0.387. The third-order valence-electron chi connectivity index (χ3n) is 4.29. The number of carbonyl (C=O) groups excluding carboxylic acids is 1. The second-order valence-corrected chi connectivity index (χ2v) is 6.01. The molecule has 0 saturated carbocycles. The van der Waals surface area contributed by atoms with Crippen LogP contribution in [0.4, 0.5) is 5.69 Å². The maximum absolute atomic E-state index is 12.7. The molecule has 1 N–H and O–H groups in total. The van der Waals surface area contributed by atoms with Crippen LogP contribution >= 0.6 is 0 Å². The van der Waals surface area contributed by atoms with E-state index in [0.717, 1.165) is 12.1 Å². The summed E-state index contributed by atoms with van der Waals surface area (Å²) >= 11 is 0. The zero-order valence-corrected chi connectivity index (χ0v) is 15.9. The molecule has 1 amide bonds. The van der Waals surface area contributed by atoms with Gasteiger partial charge in [-0.1, -0.05) is 19.1 Å². The molecule has 28 heavy (non-hydrogen) atoms. The minimum absolute atomic E-state index is 0.208. The Hall–Kier alpha value is -3.61. The molecule has 0 aliphatic carbocycles. The summed E-state index contributed by atoms with van der Waals surface area (Å²) < 4.78 is 11.9. The van der Waals surface area contributed by atoms with E-state index in [1.807, 2.05) is 24.3 Å². The molecule has 0 radical (unpaired) electrons. The van der Waals surface area contributed by atoms with Crippen molar-refractivity contribution >= 4 is 11.6 Å². The van der Waals surface area contributed by atoms with Gasteiger partial charge in [-0.2, -0.15) is 5.10 Å². The van der Waals surface area contributed by atoms with E-state index < -0.39 is 11.3 Å². The number of hydrogen-bond donors (Lipinski definition) is 1. The van der Waals surface area contributed by atoms with Crippen LogP contribution in [0.1, 0.15) is 23.0 Å². The van der Waals surface area contributed by atoms with Gasteiger partial charge < -0.3 is 14.8 Å². The lowest BCUT2D eigenvalue weighted by Gasteiger charge is -2.12. The van der Waals surface area contributed by atoms with E-state index in [0.29, 0.717) is 17.2 Å². The molecule has 0 atom stereocenters. The van der Waals surface area contributed by atoms with Gasteiger partial charge in [0.05, 0.1) is 25.6 Å². The van der Waals surface area contributed by atoms with Crippen LogP contribution in [0.25, 0.3) is 5.69 Å². The van der Waals surface area contributed by atoms with Gasteiger partial charge in [-0.25, -0.2) is 4.68 Å². The topological polar surface area (TPSA) is 82.5 Å². The molecule has 0 aliphatic heterocycles. The van der Waals surface area contributed by atoms with E-state index in [9.17, 15) is 9.59 Å². The van der Waals surface area contributed by atoms with Gasteiger partial charge in [-0.3, -0.25) is 9.59 Å². The summed E-state index contributed by atoms with van der Waals surface area (Å²) in [5, 5.41) is 6.88. The van der Waals surface area contributed by atoms with Crippen LogP contribution in [0.3, 0.4) is 0 Å². The fourth-order valence-corrected chi connectivity index (χ4v) is 2.68. The summed E-state index contributed by atoms with van der Waals surface area (Å²) in [6, 6.07) is 14.0. The van der Waals surface area contributed by atoms with Crippen LogP contribution in [0.15, 0.2) is 59.5 Å². The molecule has 0 saturated heterocycles. The van der Waals surface area contributed by atoms with Crippen molar-refractivity contribution in [2.24, 2.45) is 0 Å². The molecule has 0 aliphatic rings. The second-order valence-electron chi connectivity index (χ2n) is 6.01. The number of nitrogens with zero attached hydrogens (tertiary/aromatic N) is 2. The molecule has 144 valence electrons. The molecule has 0 fully saturated rings. The first-order valence-electron chi connectivity index (χ1n) is 8.78. The summed E-state index contributed by atoms with van der Waals surface area (Å²) in [5.41, 5.74) is 1.69. The molecule has 3 aromatic rings. The molecule has 0 spiro atoms. The first-order chi connectivity index (χ1) is 13.5. The van der Waals surface area contributed by atoms with Gasteiger partial charge in [-0.05, 0) is 36.2 Å². The molecule has 0 unspecified atom stereocenters. The van der Waals surface area contributed by atoms with Gasteiger partial charge in [0.2, 0.25) is 5.43 Å². The normalized spacial score (nSPS) is 10.4. The highest BCUT2D eigenvalue weighted by Gasteiger charge is 2.16. The van der Waals surface area contributed by atoms with E-state index in [1.54, 1.807) is 18.2 Å². The monoisotopic (exact) mass is 379 g/mol. The van der Waals surface area contributed by atoms with Gasteiger partial charge >= 0.3 is 0 Å². The number of methoxy groups -OCH3 is 2. The third-order valence-corrected chi connectivity index (χ3v) is 4.29. The fourth-order valence-electron chi connectivity index (χ4n) is 2.68. The second kappa shape index (κ2) is 8.39. The maximum Gasteiger partial charge on any atom is 0.280 e. The molecule has 1 aromatic heterocycles. The quantitative estimate of drug-likeness (QED) is 0.712. The van der Waals surface area contributed by atoms with Crippen molar-refractivity contribution in [3.05, 3.63) is 76.2 Å². The largest absolute Gasteiger partial charge is 0.497 e. The van der Waals surface area contributed by atoms with Crippen LogP contribution in [0.2, 0.25) is 0 Å². The standard InChI is InChI=1S/C21H21N3O4/c1-4-14-5-7-15(8-6-14)24-12-11-18(25)20(23-24)21(26)22-17-10-9-16(27-2)13-19(17)28-3/h5-13H,4H2,1-3H3,(H,22,26). The average molecular weight is 379 g/mol. The van der Waals surface area contributed by atoms with Crippen molar-refractivity contribution in [3.63, 3.8) is 0 Å².